The van der Waals surface area contributed by atoms with E-state index in [9.17, 15) is 14.7 Å². The molecule has 2 heterocycles. The summed E-state index contributed by atoms with van der Waals surface area (Å²) >= 11 is 0. The zero-order valence-electron chi connectivity index (χ0n) is 17.3. The predicted octanol–water partition coefficient (Wildman–Crippen LogP) is 1.67. The quantitative estimate of drug-likeness (QED) is 0.390. The number of anilines is 1. The van der Waals surface area contributed by atoms with Gasteiger partial charge in [-0.1, -0.05) is 10.3 Å². The normalized spacial score (nSPS) is 20.2. The van der Waals surface area contributed by atoms with Gasteiger partial charge in [-0.05, 0) is 18.9 Å². The van der Waals surface area contributed by atoms with Crippen molar-refractivity contribution < 1.29 is 28.4 Å². The second-order valence-electron chi connectivity index (χ2n) is 7.63. The number of carboxylic acids is 1. The summed E-state index contributed by atoms with van der Waals surface area (Å²) in [6.45, 7) is 0.0414. The Morgan fingerprint density at radius 3 is 2.59 bits per heavy atom. The highest BCUT2D eigenvalue weighted by molar-refractivity contribution is 6.10. The van der Waals surface area contributed by atoms with Gasteiger partial charge in [0.1, 0.15) is 37.1 Å². The largest absolute Gasteiger partial charge is 0.477 e. The number of oxime groups is 2. The van der Waals surface area contributed by atoms with Crippen LogP contribution >= 0.6 is 0 Å². The van der Waals surface area contributed by atoms with Gasteiger partial charge in [0.25, 0.3) is 0 Å². The summed E-state index contributed by atoms with van der Waals surface area (Å²) in [5, 5.41) is 16.6. The van der Waals surface area contributed by atoms with E-state index in [4.69, 9.17) is 15.4 Å². The van der Waals surface area contributed by atoms with E-state index in [1.54, 1.807) is 0 Å². The van der Waals surface area contributed by atoms with Crippen molar-refractivity contribution in [1.82, 2.24) is 4.57 Å². The van der Waals surface area contributed by atoms with Crippen LogP contribution in [0.3, 0.4) is 0 Å². The van der Waals surface area contributed by atoms with Gasteiger partial charge in [-0.3, -0.25) is 4.79 Å². The van der Waals surface area contributed by atoms with Crippen molar-refractivity contribution in [3.8, 4) is 0 Å². The number of nitrogens with zero attached hydrogens (tertiary/aromatic N) is 4. The molecule has 1 saturated heterocycles. The minimum Gasteiger partial charge on any atom is -0.477 e. The van der Waals surface area contributed by atoms with E-state index in [0.29, 0.717) is 18.6 Å². The Morgan fingerprint density at radius 1 is 1.28 bits per heavy atom. The van der Waals surface area contributed by atoms with Gasteiger partial charge in [-0.2, -0.15) is 0 Å². The van der Waals surface area contributed by atoms with E-state index in [0.717, 1.165) is 12.3 Å². The number of hydrogen-bond acceptors (Lipinski definition) is 7. The minimum absolute atomic E-state index is 0.00133. The van der Waals surface area contributed by atoms with Gasteiger partial charge in [0.15, 0.2) is 5.82 Å². The topological polar surface area (TPSA) is 132 Å². The van der Waals surface area contributed by atoms with Crippen molar-refractivity contribution >= 4 is 34.1 Å². The van der Waals surface area contributed by atoms with E-state index in [1.165, 1.54) is 23.7 Å². The summed E-state index contributed by atoms with van der Waals surface area (Å²) in [6.07, 6.45) is 2.52. The third-order valence-corrected chi connectivity index (χ3v) is 5.59. The number of rotatable bonds is 6. The number of nitrogens with two attached hydrogens (primary N) is 1. The average Bonchev–Trinajstić information content (AvgIpc) is 3.50. The fourth-order valence-electron chi connectivity index (χ4n) is 4.02. The molecule has 1 aliphatic carbocycles. The molecule has 4 rings (SSSR count). The van der Waals surface area contributed by atoms with Crippen LogP contribution in [0, 0.1) is 17.6 Å². The predicted molar refractivity (Wildman–Crippen MR) is 112 cm³/mol. The summed E-state index contributed by atoms with van der Waals surface area (Å²) in [6, 6.07) is 0.722. The lowest BCUT2D eigenvalue weighted by molar-refractivity contribution is 0.0694. The molecule has 1 atom stereocenters. The van der Waals surface area contributed by atoms with Crippen molar-refractivity contribution in [2.45, 2.75) is 18.9 Å². The van der Waals surface area contributed by atoms with Crippen molar-refractivity contribution in [2.24, 2.45) is 22.0 Å². The van der Waals surface area contributed by atoms with Gasteiger partial charge >= 0.3 is 5.97 Å². The van der Waals surface area contributed by atoms with E-state index < -0.39 is 34.5 Å². The first-order chi connectivity index (χ1) is 15.3. The first-order valence-electron chi connectivity index (χ1n) is 9.80. The summed E-state index contributed by atoms with van der Waals surface area (Å²) in [5.74, 6) is -3.96. The molecule has 2 aromatic rings. The smallest absolute Gasteiger partial charge is 0.341 e. The molecule has 0 spiro atoms. The van der Waals surface area contributed by atoms with Crippen LogP contribution in [-0.4, -0.2) is 54.5 Å². The Morgan fingerprint density at radius 2 is 2.00 bits per heavy atom. The second kappa shape index (κ2) is 8.09. The monoisotopic (exact) mass is 449 g/mol. The summed E-state index contributed by atoms with van der Waals surface area (Å²) < 4.78 is 32.3. The number of carbonyl (C=O) groups is 1. The van der Waals surface area contributed by atoms with Crippen molar-refractivity contribution in [3.63, 3.8) is 0 Å². The minimum atomic E-state index is -1.45. The Hall–Kier alpha value is -3.70. The molecule has 2 aliphatic rings. The Labute approximate surface area is 180 Å². The number of pyridine rings is 1. The molecular weight excluding hydrogens is 428 g/mol. The molecule has 32 heavy (non-hydrogen) atoms. The highest BCUT2D eigenvalue weighted by atomic mass is 19.1. The molecule has 0 bridgehead atoms. The van der Waals surface area contributed by atoms with Crippen LogP contribution in [0.1, 0.15) is 29.2 Å². The molecule has 170 valence electrons. The van der Waals surface area contributed by atoms with Crippen molar-refractivity contribution in [1.29, 1.82) is 0 Å². The number of benzene rings is 1. The number of aromatic nitrogens is 1. The summed E-state index contributed by atoms with van der Waals surface area (Å²) in [7, 11) is 2.65. The number of aromatic carboxylic acids is 1. The maximum Gasteiger partial charge on any atom is 0.341 e. The lowest BCUT2D eigenvalue weighted by Crippen LogP contribution is -2.31. The lowest BCUT2D eigenvalue weighted by atomic mass is 10.1. The van der Waals surface area contributed by atoms with Crippen molar-refractivity contribution in [2.75, 3.05) is 32.2 Å². The fraction of sp³-hybridized carbons (Fsp3) is 0.400. The fourth-order valence-corrected chi connectivity index (χ4v) is 4.02. The number of halogens is 2. The zero-order valence-corrected chi connectivity index (χ0v) is 17.3. The molecule has 10 nitrogen and oxygen atoms in total. The van der Waals surface area contributed by atoms with Gasteiger partial charge in [0, 0.05) is 18.8 Å². The van der Waals surface area contributed by atoms with Crippen LogP contribution in [0.4, 0.5) is 14.5 Å². The van der Waals surface area contributed by atoms with E-state index in [-0.39, 0.29) is 41.6 Å². The second-order valence-corrected chi connectivity index (χ2v) is 7.63. The Bertz CT molecular complexity index is 1220. The molecule has 12 heteroatoms. The van der Waals surface area contributed by atoms with E-state index >= 15 is 8.78 Å². The number of carboxylic acid groups (broad SMARTS) is 1. The average molecular weight is 449 g/mol. The van der Waals surface area contributed by atoms with Crippen LogP contribution in [0.15, 0.2) is 27.4 Å². The Kier molecular flexibility index (Phi) is 5.45. The van der Waals surface area contributed by atoms with Crippen LogP contribution < -0.4 is 16.1 Å². The first kappa shape index (κ1) is 21.5. The van der Waals surface area contributed by atoms with Crippen LogP contribution in [0.2, 0.25) is 0 Å². The van der Waals surface area contributed by atoms with Crippen LogP contribution in [0.25, 0.3) is 10.9 Å². The standard InChI is InChI=1S/C20H21F2N5O5/c1-31-24-14-8-26(6-11(14)19(23)25-32-2)17-13(21)5-10-16(15(17)22)27(9-3-4-9)7-12(18(10)28)20(29)30/h5,7,9,11H,3-4,6,8H2,1-2H3,(H2,23,25)(H,29,30)/b24-14-. The number of hydrogen-bond donors (Lipinski definition) is 2. The lowest BCUT2D eigenvalue weighted by Gasteiger charge is -2.22. The maximum absolute atomic E-state index is 15.8. The molecule has 1 unspecified atom stereocenters. The highest BCUT2D eigenvalue weighted by Gasteiger charge is 2.37. The molecule has 2 fully saturated rings. The van der Waals surface area contributed by atoms with Gasteiger partial charge in [-0.15, -0.1) is 0 Å². The molecule has 3 N–H and O–H groups in total. The SMILES string of the molecule is CO/N=C(/N)C1CN(c2c(F)cc3c(=O)c(C(=O)O)cn(C4CC4)c3c2F)C/C1=N/OC. The van der Waals surface area contributed by atoms with E-state index in [1.807, 2.05) is 0 Å². The zero-order chi connectivity index (χ0) is 23.2. The summed E-state index contributed by atoms with van der Waals surface area (Å²) in [4.78, 5) is 35.0. The molecule has 1 aromatic carbocycles. The third kappa shape index (κ3) is 3.51. The molecule has 1 saturated carbocycles. The molecule has 0 amide bonds. The van der Waals surface area contributed by atoms with Crippen molar-refractivity contribution in [3.05, 3.63) is 39.7 Å². The number of fused-ring (bicyclic) bond motifs is 1. The number of amidine groups is 1. The highest BCUT2D eigenvalue weighted by Crippen LogP contribution is 2.40. The van der Waals surface area contributed by atoms with E-state index in [2.05, 4.69) is 10.3 Å². The van der Waals surface area contributed by atoms with Gasteiger partial charge in [0.05, 0.1) is 29.1 Å². The first-order valence-corrected chi connectivity index (χ1v) is 9.80. The Balaban J connectivity index is 1.89. The van der Waals surface area contributed by atoms with Crippen LogP contribution in [-0.2, 0) is 9.68 Å². The van der Waals surface area contributed by atoms with Gasteiger partial charge < -0.3 is 30.0 Å². The summed E-state index contributed by atoms with van der Waals surface area (Å²) in [5.41, 5.74) is 4.35. The van der Waals surface area contributed by atoms with Gasteiger partial charge in [-0.25, -0.2) is 13.6 Å². The molecule has 1 aliphatic heterocycles. The molecular formula is C20H21F2N5O5. The molecule has 0 radical (unpaired) electrons. The molecule has 1 aromatic heterocycles. The van der Waals surface area contributed by atoms with Gasteiger partial charge in [0.2, 0.25) is 5.43 Å². The third-order valence-electron chi connectivity index (χ3n) is 5.59. The van der Waals surface area contributed by atoms with Crippen LogP contribution in [0.5, 0.6) is 0 Å². The maximum atomic E-state index is 15.8.